The van der Waals surface area contributed by atoms with Crippen molar-refractivity contribution in [3.63, 3.8) is 0 Å². The van der Waals surface area contributed by atoms with Crippen LogP contribution in [0.25, 0.3) is 0 Å². The molecule has 3 N–H and O–H groups in total. The standard InChI is InChI=1S/C19H39NO2.C2H5N/c1-2-3-4-5-6-7-8-9-10-11-12-13-14-15-16-17-18-20-19(21)22;1-2-3-1/h20H,2-18H2,1H3,(H,21,22);3H,1-2H2. The first-order valence-corrected chi connectivity index (χ1v) is 10.9. The first-order valence-electron chi connectivity index (χ1n) is 10.9. The van der Waals surface area contributed by atoms with E-state index in [9.17, 15) is 4.79 Å². The molecule has 0 saturated carbocycles. The average molecular weight is 357 g/mol. The van der Waals surface area contributed by atoms with E-state index < -0.39 is 6.09 Å². The summed E-state index contributed by atoms with van der Waals surface area (Å²) in [6, 6.07) is 0. The van der Waals surface area contributed by atoms with Gasteiger partial charge in [0.25, 0.3) is 0 Å². The Kier molecular flexibility index (Phi) is 20.6. The highest BCUT2D eigenvalue weighted by Crippen LogP contribution is 2.13. The molecule has 0 atom stereocenters. The first kappa shape index (κ1) is 24.2. The van der Waals surface area contributed by atoms with E-state index in [4.69, 9.17) is 5.11 Å². The molecule has 0 unspecified atom stereocenters. The number of unbranched alkanes of at least 4 members (excludes halogenated alkanes) is 15. The molecule has 1 saturated heterocycles. The highest BCUT2D eigenvalue weighted by atomic mass is 16.4. The molecule has 1 amide bonds. The fourth-order valence-corrected chi connectivity index (χ4v) is 2.87. The summed E-state index contributed by atoms with van der Waals surface area (Å²) in [5.74, 6) is 0. The minimum atomic E-state index is -0.902. The predicted octanol–water partition coefficient (Wildman–Crippen LogP) is 6.11. The van der Waals surface area contributed by atoms with Gasteiger partial charge in [-0.3, -0.25) is 0 Å². The number of amides is 1. The normalized spacial score (nSPS) is 12.4. The van der Waals surface area contributed by atoms with Crippen molar-refractivity contribution in [1.29, 1.82) is 0 Å². The molecule has 1 aliphatic heterocycles. The van der Waals surface area contributed by atoms with Crippen molar-refractivity contribution in [2.45, 2.75) is 110 Å². The Morgan fingerprint density at radius 2 is 1.04 bits per heavy atom. The van der Waals surface area contributed by atoms with Gasteiger partial charge in [-0.15, -0.1) is 0 Å². The van der Waals surface area contributed by atoms with E-state index in [0.29, 0.717) is 6.54 Å². The second-order valence-electron chi connectivity index (χ2n) is 7.29. The van der Waals surface area contributed by atoms with Gasteiger partial charge in [0.2, 0.25) is 0 Å². The maximum atomic E-state index is 10.2. The van der Waals surface area contributed by atoms with Gasteiger partial charge in [-0.1, -0.05) is 103 Å². The summed E-state index contributed by atoms with van der Waals surface area (Å²) in [5, 5.41) is 13.8. The zero-order valence-corrected chi connectivity index (χ0v) is 16.8. The Morgan fingerprint density at radius 1 is 0.720 bits per heavy atom. The maximum absolute atomic E-state index is 10.2. The summed E-state index contributed by atoms with van der Waals surface area (Å²) >= 11 is 0. The van der Waals surface area contributed by atoms with Gasteiger partial charge in [0, 0.05) is 19.6 Å². The van der Waals surface area contributed by atoms with Crippen LogP contribution in [0.1, 0.15) is 110 Å². The summed E-state index contributed by atoms with van der Waals surface area (Å²) in [5.41, 5.74) is 0. The van der Waals surface area contributed by atoms with E-state index in [1.165, 1.54) is 103 Å². The van der Waals surface area contributed by atoms with Crippen LogP contribution in [-0.4, -0.2) is 30.8 Å². The van der Waals surface area contributed by atoms with Crippen LogP contribution < -0.4 is 10.6 Å². The summed E-state index contributed by atoms with van der Waals surface area (Å²) in [4.78, 5) is 10.2. The number of hydrogen-bond acceptors (Lipinski definition) is 2. The summed E-state index contributed by atoms with van der Waals surface area (Å²) in [6.45, 7) is 5.38. The van der Waals surface area contributed by atoms with Crippen molar-refractivity contribution in [1.82, 2.24) is 10.6 Å². The van der Waals surface area contributed by atoms with Gasteiger partial charge in [0.1, 0.15) is 0 Å². The molecule has 0 aromatic heterocycles. The van der Waals surface area contributed by atoms with E-state index in [-0.39, 0.29) is 0 Å². The molecule has 1 heterocycles. The van der Waals surface area contributed by atoms with E-state index in [1.54, 1.807) is 0 Å². The third kappa shape index (κ3) is 28.3. The van der Waals surface area contributed by atoms with E-state index >= 15 is 0 Å². The summed E-state index contributed by atoms with van der Waals surface area (Å²) in [6.07, 6.45) is 20.7. The number of carboxylic acid groups (broad SMARTS) is 1. The lowest BCUT2D eigenvalue weighted by molar-refractivity contribution is 0.194. The largest absolute Gasteiger partial charge is 0.465 e. The van der Waals surface area contributed by atoms with Gasteiger partial charge in [-0.05, 0) is 6.42 Å². The molecule has 150 valence electrons. The highest BCUT2D eigenvalue weighted by Gasteiger charge is 1.95. The van der Waals surface area contributed by atoms with Crippen molar-refractivity contribution in [3.05, 3.63) is 0 Å². The van der Waals surface area contributed by atoms with Gasteiger partial charge in [0.05, 0.1) is 0 Å². The van der Waals surface area contributed by atoms with Crippen molar-refractivity contribution < 1.29 is 9.90 Å². The molecular weight excluding hydrogens is 312 g/mol. The average Bonchev–Trinajstić information content (AvgIpc) is 3.46. The van der Waals surface area contributed by atoms with Gasteiger partial charge in [-0.2, -0.15) is 0 Å². The molecule has 0 aliphatic carbocycles. The SMILES string of the molecule is C1CN1.CCCCCCCCCCCCCCCCCCNC(=O)O. The Balaban J connectivity index is 0.00000171. The molecule has 4 heteroatoms. The first-order chi connectivity index (χ1) is 12.3. The van der Waals surface area contributed by atoms with Crippen molar-refractivity contribution in [3.8, 4) is 0 Å². The third-order valence-corrected chi connectivity index (χ3v) is 4.56. The molecule has 1 fully saturated rings. The van der Waals surface area contributed by atoms with Crippen molar-refractivity contribution in [2.24, 2.45) is 0 Å². The van der Waals surface area contributed by atoms with Crippen LogP contribution in [0, 0.1) is 0 Å². The second-order valence-corrected chi connectivity index (χ2v) is 7.29. The fraction of sp³-hybridized carbons (Fsp3) is 0.952. The molecule has 0 aromatic carbocycles. The van der Waals surface area contributed by atoms with Gasteiger partial charge in [-0.25, -0.2) is 4.79 Å². The molecule has 1 rings (SSSR count). The molecule has 0 aromatic rings. The van der Waals surface area contributed by atoms with Gasteiger partial charge < -0.3 is 15.7 Å². The second kappa shape index (κ2) is 21.3. The quantitative estimate of drug-likeness (QED) is 0.218. The zero-order valence-electron chi connectivity index (χ0n) is 16.8. The number of rotatable bonds is 17. The van der Waals surface area contributed by atoms with Crippen LogP contribution in [0.15, 0.2) is 0 Å². The third-order valence-electron chi connectivity index (χ3n) is 4.56. The van der Waals surface area contributed by atoms with Crippen LogP contribution >= 0.6 is 0 Å². The van der Waals surface area contributed by atoms with Crippen LogP contribution in [0.5, 0.6) is 0 Å². The van der Waals surface area contributed by atoms with Gasteiger partial charge >= 0.3 is 6.09 Å². The van der Waals surface area contributed by atoms with E-state index in [2.05, 4.69) is 17.6 Å². The van der Waals surface area contributed by atoms with Crippen molar-refractivity contribution in [2.75, 3.05) is 19.6 Å². The molecule has 1 aliphatic rings. The topological polar surface area (TPSA) is 71.3 Å². The van der Waals surface area contributed by atoms with Gasteiger partial charge in [0.15, 0.2) is 0 Å². The lowest BCUT2D eigenvalue weighted by Gasteiger charge is -2.03. The molecular formula is C21H44N2O2. The zero-order chi connectivity index (χ0) is 18.4. The Labute approximate surface area is 156 Å². The number of hydrogen-bond donors (Lipinski definition) is 3. The Hall–Kier alpha value is -0.770. The van der Waals surface area contributed by atoms with Crippen LogP contribution in [0.3, 0.4) is 0 Å². The molecule has 4 nitrogen and oxygen atoms in total. The predicted molar refractivity (Wildman–Crippen MR) is 108 cm³/mol. The summed E-state index contributed by atoms with van der Waals surface area (Å²) in [7, 11) is 0. The molecule has 0 bridgehead atoms. The summed E-state index contributed by atoms with van der Waals surface area (Å²) < 4.78 is 0. The molecule has 0 radical (unpaired) electrons. The highest BCUT2D eigenvalue weighted by molar-refractivity contribution is 5.64. The van der Waals surface area contributed by atoms with Crippen LogP contribution in [-0.2, 0) is 0 Å². The maximum Gasteiger partial charge on any atom is 0.404 e. The molecule has 25 heavy (non-hydrogen) atoms. The Bertz CT molecular complexity index is 268. The minimum absolute atomic E-state index is 0.605. The molecule has 0 spiro atoms. The lowest BCUT2D eigenvalue weighted by atomic mass is 10.0. The lowest BCUT2D eigenvalue weighted by Crippen LogP contribution is -2.21. The van der Waals surface area contributed by atoms with E-state index in [1.807, 2.05) is 0 Å². The van der Waals surface area contributed by atoms with Crippen molar-refractivity contribution >= 4 is 6.09 Å². The monoisotopic (exact) mass is 356 g/mol. The minimum Gasteiger partial charge on any atom is -0.465 e. The number of carbonyl (C=O) groups is 1. The fourth-order valence-electron chi connectivity index (χ4n) is 2.87. The van der Waals surface area contributed by atoms with E-state index in [0.717, 1.165) is 12.8 Å². The smallest absolute Gasteiger partial charge is 0.404 e. The van der Waals surface area contributed by atoms with Crippen LogP contribution in [0.4, 0.5) is 4.79 Å². The number of nitrogens with one attached hydrogen (secondary N) is 2. The van der Waals surface area contributed by atoms with Crippen LogP contribution in [0.2, 0.25) is 0 Å². The Morgan fingerprint density at radius 3 is 1.32 bits per heavy atom.